The Morgan fingerprint density at radius 2 is 1.79 bits per heavy atom. The summed E-state index contributed by atoms with van der Waals surface area (Å²) in [6.45, 7) is 7.35. The number of nitrogens with one attached hydrogen (secondary N) is 1. The van der Waals surface area contributed by atoms with Crippen molar-refractivity contribution in [3.05, 3.63) is 0 Å². The SMILES string of the molecule is CC1CN(CC(NC2CC2)(C(=O)O)C2CC2)CC1C. The van der Waals surface area contributed by atoms with Crippen LogP contribution in [-0.2, 0) is 4.79 Å². The molecule has 0 spiro atoms. The zero-order valence-electron chi connectivity index (χ0n) is 12.1. The van der Waals surface area contributed by atoms with Gasteiger partial charge in [-0.05, 0) is 43.4 Å². The van der Waals surface area contributed by atoms with Gasteiger partial charge in [-0.25, -0.2) is 0 Å². The van der Waals surface area contributed by atoms with Crippen molar-refractivity contribution in [2.75, 3.05) is 19.6 Å². The number of carboxylic acids is 1. The van der Waals surface area contributed by atoms with Crippen LogP contribution < -0.4 is 5.32 Å². The van der Waals surface area contributed by atoms with Gasteiger partial charge in [0.05, 0.1) is 0 Å². The van der Waals surface area contributed by atoms with Crippen molar-refractivity contribution < 1.29 is 9.90 Å². The van der Waals surface area contributed by atoms with E-state index in [9.17, 15) is 9.90 Å². The van der Waals surface area contributed by atoms with E-state index < -0.39 is 11.5 Å². The van der Waals surface area contributed by atoms with E-state index >= 15 is 0 Å². The molecule has 19 heavy (non-hydrogen) atoms. The molecule has 3 fully saturated rings. The maximum atomic E-state index is 11.9. The second kappa shape index (κ2) is 4.74. The molecule has 2 N–H and O–H groups in total. The molecule has 2 saturated carbocycles. The molecule has 0 amide bonds. The van der Waals surface area contributed by atoms with E-state index in [4.69, 9.17) is 0 Å². The van der Waals surface area contributed by atoms with Crippen LogP contribution in [0.3, 0.4) is 0 Å². The first-order valence-corrected chi connectivity index (χ1v) is 7.74. The highest BCUT2D eigenvalue weighted by Crippen LogP contribution is 2.43. The summed E-state index contributed by atoms with van der Waals surface area (Å²) in [5.74, 6) is 1.09. The smallest absolute Gasteiger partial charge is 0.325 e. The average Bonchev–Trinajstić information content (AvgIpc) is 3.21. The molecule has 3 unspecified atom stereocenters. The minimum Gasteiger partial charge on any atom is -0.480 e. The van der Waals surface area contributed by atoms with E-state index in [0.29, 0.717) is 30.3 Å². The van der Waals surface area contributed by atoms with Crippen molar-refractivity contribution in [3.8, 4) is 0 Å². The molecule has 108 valence electrons. The van der Waals surface area contributed by atoms with Crippen molar-refractivity contribution in [2.24, 2.45) is 17.8 Å². The van der Waals surface area contributed by atoms with Crippen LogP contribution in [-0.4, -0.2) is 47.2 Å². The normalized spacial score (nSPS) is 35.3. The third-order valence-corrected chi connectivity index (χ3v) is 5.23. The lowest BCUT2D eigenvalue weighted by atomic mass is 9.92. The zero-order chi connectivity index (χ0) is 13.6. The molecule has 3 rings (SSSR count). The standard InChI is InChI=1S/C15H26N2O2/c1-10-7-17(8-11(10)2)9-15(14(18)19,12-3-4-12)16-13-5-6-13/h10-13,16H,3-9H2,1-2H3,(H,18,19). The lowest BCUT2D eigenvalue weighted by molar-refractivity contribution is -0.147. The second-order valence-electron chi connectivity index (χ2n) is 7.12. The molecule has 1 saturated heterocycles. The Bertz CT molecular complexity index is 355. The maximum Gasteiger partial charge on any atom is 0.325 e. The molecule has 0 radical (unpaired) electrons. The average molecular weight is 266 g/mol. The quantitative estimate of drug-likeness (QED) is 0.766. The Morgan fingerprint density at radius 3 is 2.21 bits per heavy atom. The summed E-state index contributed by atoms with van der Waals surface area (Å²) in [5.41, 5.74) is -0.676. The fourth-order valence-corrected chi connectivity index (χ4v) is 3.50. The number of carbonyl (C=O) groups is 1. The fourth-order valence-electron chi connectivity index (χ4n) is 3.50. The summed E-state index contributed by atoms with van der Waals surface area (Å²) in [5, 5.41) is 13.3. The van der Waals surface area contributed by atoms with Crippen molar-refractivity contribution in [1.82, 2.24) is 10.2 Å². The minimum absolute atomic E-state index is 0.344. The van der Waals surface area contributed by atoms with Crippen LogP contribution in [0.2, 0.25) is 0 Å². The molecule has 0 aromatic heterocycles. The van der Waals surface area contributed by atoms with Crippen LogP contribution in [0.25, 0.3) is 0 Å². The Balaban J connectivity index is 1.72. The molecule has 1 heterocycles. The molecular weight excluding hydrogens is 240 g/mol. The van der Waals surface area contributed by atoms with Gasteiger partial charge < -0.3 is 10.0 Å². The van der Waals surface area contributed by atoms with Crippen LogP contribution in [0.5, 0.6) is 0 Å². The van der Waals surface area contributed by atoms with Crippen LogP contribution in [0, 0.1) is 17.8 Å². The first-order valence-electron chi connectivity index (χ1n) is 7.74. The number of carboxylic acid groups (broad SMARTS) is 1. The zero-order valence-corrected chi connectivity index (χ0v) is 12.1. The molecule has 2 aliphatic carbocycles. The topological polar surface area (TPSA) is 52.6 Å². The Morgan fingerprint density at radius 1 is 1.21 bits per heavy atom. The van der Waals surface area contributed by atoms with Gasteiger partial charge in [-0.15, -0.1) is 0 Å². The molecule has 1 aliphatic heterocycles. The third kappa shape index (κ3) is 2.65. The van der Waals surface area contributed by atoms with Crippen molar-refractivity contribution in [3.63, 3.8) is 0 Å². The Hall–Kier alpha value is -0.610. The maximum absolute atomic E-state index is 11.9. The van der Waals surface area contributed by atoms with Gasteiger partial charge in [0.25, 0.3) is 0 Å². The van der Waals surface area contributed by atoms with Gasteiger partial charge >= 0.3 is 5.97 Å². The predicted octanol–water partition coefficient (Wildman–Crippen LogP) is 1.56. The van der Waals surface area contributed by atoms with Crippen molar-refractivity contribution >= 4 is 5.97 Å². The lowest BCUT2D eigenvalue weighted by Crippen LogP contribution is -2.61. The first kappa shape index (κ1) is 13.4. The number of hydrogen-bond acceptors (Lipinski definition) is 3. The fraction of sp³-hybridized carbons (Fsp3) is 0.933. The van der Waals surface area contributed by atoms with E-state index in [0.717, 1.165) is 38.8 Å². The summed E-state index contributed by atoms with van der Waals surface area (Å²) < 4.78 is 0. The van der Waals surface area contributed by atoms with E-state index in [-0.39, 0.29) is 0 Å². The largest absolute Gasteiger partial charge is 0.480 e. The van der Waals surface area contributed by atoms with Gasteiger partial charge in [0, 0.05) is 25.7 Å². The molecule has 0 bridgehead atoms. The Kier molecular flexibility index (Phi) is 3.34. The van der Waals surface area contributed by atoms with E-state index in [1.165, 1.54) is 0 Å². The van der Waals surface area contributed by atoms with Gasteiger partial charge in [0.1, 0.15) is 5.54 Å². The van der Waals surface area contributed by atoms with Crippen LogP contribution in [0.1, 0.15) is 39.5 Å². The summed E-state index contributed by atoms with van der Waals surface area (Å²) in [6, 6.07) is 0.453. The first-order chi connectivity index (χ1) is 9.01. The number of aliphatic carboxylic acids is 1. The van der Waals surface area contributed by atoms with E-state index in [1.807, 2.05) is 0 Å². The molecular formula is C15H26N2O2. The highest BCUT2D eigenvalue weighted by Gasteiger charge is 2.54. The Labute approximate surface area is 115 Å². The molecule has 3 atom stereocenters. The van der Waals surface area contributed by atoms with Crippen molar-refractivity contribution in [1.29, 1.82) is 0 Å². The molecule has 0 aromatic rings. The summed E-state index contributed by atoms with van der Waals surface area (Å²) >= 11 is 0. The number of likely N-dealkylation sites (tertiary alicyclic amines) is 1. The highest BCUT2D eigenvalue weighted by atomic mass is 16.4. The predicted molar refractivity (Wildman–Crippen MR) is 74.0 cm³/mol. The van der Waals surface area contributed by atoms with Gasteiger partial charge in [-0.2, -0.15) is 0 Å². The summed E-state index contributed by atoms with van der Waals surface area (Å²) in [6.07, 6.45) is 4.44. The summed E-state index contributed by atoms with van der Waals surface area (Å²) in [4.78, 5) is 14.3. The van der Waals surface area contributed by atoms with Gasteiger partial charge in [-0.1, -0.05) is 13.8 Å². The van der Waals surface area contributed by atoms with Crippen LogP contribution in [0.4, 0.5) is 0 Å². The number of nitrogens with zero attached hydrogens (tertiary/aromatic N) is 1. The summed E-state index contributed by atoms with van der Waals surface area (Å²) in [7, 11) is 0. The second-order valence-corrected chi connectivity index (χ2v) is 7.12. The highest BCUT2D eigenvalue weighted by molar-refractivity contribution is 5.80. The molecule has 4 nitrogen and oxygen atoms in total. The van der Waals surface area contributed by atoms with Gasteiger partial charge in [0.15, 0.2) is 0 Å². The number of hydrogen-bond donors (Lipinski definition) is 2. The molecule has 0 aromatic carbocycles. The number of rotatable bonds is 6. The van der Waals surface area contributed by atoms with Crippen LogP contribution in [0.15, 0.2) is 0 Å². The molecule has 3 aliphatic rings. The van der Waals surface area contributed by atoms with Gasteiger partial charge in [-0.3, -0.25) is 10.1 Å². The van der Waals surface area contributed by atoms with E-state index in [2.05, 4.69) is 24.1 Å². The van der Waals surface area contributed by atoms with Crippen molar-refractivity contribution in [2.45, 2.75) is 51.1 Å². The van der Waals surface area contributed by atoms with E-state index in [1.54, 1.807) is 0 Å². The third-order valence-electron chi connectivity index (χ3n) is 5.23. The van der Waals surface area contributed by atoms with Gasteiger partial charge in [0.2, 0.25) is 0 Å². The minimum atomic E-state index is -0.676. The van der Waals surface area contributed by atoms with Crippen LogP contribution >= 0.6 is 0 Å². The molecule has 4 heteroatoms. The monoisotopic (exact) mass is 266 g/mol. The lowest BCUT2D eigenvalue weighted by Gasteiger charge is -2.35.